The van der Waals surface area contributed by atoms with Gasteiger partial charge in [0.1, 0.15) is 5.75 Å². The van der Waals surface area contributed by atoms with Gasteiger partial charge in [0.2, 0.25) is 0 Å². The van der Waals surface area contributed by atoms with Crippen LogP contribution in [0.2, 0.25) is 0 Å². The van der Waals surface area contributed by atoms with Gasteiger partial charge in [0.05, 0.1) is 4.88 Å². The molecule has 1 atom stereocenters. The molecule has 1 unspecified atom stereocenters. The topological polar surface area (TPSA) is 58.6 Å². The molecule has 0 aliphatic carbocycles. The summed E-state index contributed by atoms with van der Waals surface area (Å²) in [6, 6.07) is 9.20. The number of hydrogen-bond acceptors (Lipinski definition) is 4. The summed E-state index contributed by atoms with van der Waals surface area (Å²) in [4.78, 5) is 27.1. The van der Waals surface area contributed by atoms with Gasteiger partial charge in [-0.15, -0.1) is 11.3 Å². The fourth-order valence-electron chi connectivity index (χ4n) is 2.67. The molecule has 126 valence electrons. The van der Waals surface area contributed by atoms with Crippen molar-refractivity contribution in [3.8, 4) is 5.75 Å². The lowest BCUT2D eigenvalue weighted by Gasteiger charge is -2.26. The van der Waals surface area contributed by atoms with Crippen LogP contribution in [0.15, 0.2) is 35.7 Å². The first-order valence-electron chi connectivity index (χ1n) is 7.90. The summed E-state index contributed by atoms with van der Waals surface area (Å²) in [6.45, 7) is 6.20. The Kier molecular flexibility index (Phi) is 4.57. The SMILES string of the molecule is CC1Oc2ccc(NC(=O)c3cccs3)cc2CN(C(C)C)C1=O. The maximum atomic E-state index is 12.4. The number of carbonyl (C=O) groups is 2. The molecule has 5 nitrogen and oxygen atoms in total. The van der Waals surface area contributed by atoms with Crippen LogP contribution in [-0.4, -0.2) is 28.9 Å². The van der Waals surface area contributed by atoms with Crippen LogP contribution in [0, 0.1) is 0 Å². The molecule has 0 spiro atoms. The smallest absolute Gasteiger partial charge is 0.265 e. The monoisotopic (exact) mass is 344 g/mol. The van der Waals surface area contributed by atoms with Gasteiger partial charge in [-0.3, -0.25) is 9.59 Å². The Labute approximate surface area is 145 Å². The summed E-state index contributed by atoms with van der Waals surface area (Å²) in [7, 11) is 0. The minimum atomic E-state index is -0.514. The second-order valence-electron chi connectivity index (χ2n) is 6.07. The average molecular weight is 344 g/mol. The number of benzene rings is 1. The van der Waals surface area contributed by atoms with Crippen LogP contribution in [0.5, 0.6) is 5.75 Å². The van der Waals surface area contributed by atoms with Crippen LogP contribution < -0.4 is 10.1 Å². The molecular formula is C18H20N2O3S. The van der Waals surface area contributed by atoms with Crippen molar-refractivity contribution in [2.45, 2.75) is 39.5 Å². The molecule has 2 aromatic rings. The van der Waals surface area contributed by atoms with E-state index in [0.29, 0.717) is 22.9 Å². The number of hydrogen-bond donors (Lipinski definition) is 1. The number of amides is 2. The van der Waals surface area contributed by atoms with E-state index >= 15 is 0 Å². The number of anilines is 1. The number of carbonyl (C=O) groups excluding carboxylic acids is 2. The third kappa shape index (κ3) is 3.28. The summed E-state index contributed by atoms with van der Waals surface area (Å²) in [5.41, 5.74) is 1.59. The zero-order valence-electron chi connectivity index (χ0n) is 13.9. The first-order valence-corrected chi connectivity index (χ1v) is 8.78. The summed E-state index contributed by atoms with van der Waals surface area (Å²) in [5.74, 6) is 0.531. The minimum Gasteiger partial charge on any atom is -0.481 e. The highest BCUT2D eigenvalue weighted by Gasteiger charge is 2.29. The number of ether oxygens (including phenoxy) is 1. The van der Waals surface area contributed by atoms with Crippen molar-refractivity contribution in [3.63, 3.8) is 0 Å². The molecule has 1 aliphatic rings. The molecule has 0 saturated carbocycles. The number of rotatable bonds is 3. The minimum absolute atomic E-state index is 0.0228. The Morgan fingerprint density at radius 2 is 2.17 bits per heavy atom. The van der Waals surface area contributed by atoms with Crippen LogP contribution in [0.1, 0.15) is 36.0 Å². The van der Waals surface area contributed by atoms with E-state index in [4.69, 9.17) is 4.74 Å². The molecule has 3 rings (SSSR count). The molecule has 1 aliphatic heterocycles. The number of fused-ring (bicyclic) bond motifs is 1. The van der Waals surface area contributed by atoms with Gasteiger partial charge in [0.25, 0.3) is 11.8 Å². The Bertz CT molecular complexity index is 756. The molecular weight excluding hydrogens is 324 g/mol. The molecule has 1 aromatic carbocycles. The van der Waals surface area contributed by atoms with Gasteiger partial charge in [0.15, 0.2) is 6.10 Å². The van der Waals surface area contributed by atoms with E-state index < -0.39 is 6.10 Å². The van der Waals surface area contributed by atoms with E-state index in [9.17, 15) is 9.59 Å². The second-order valence-corrected chi connectivity index (χ2v) is 7.02. The fourth-order valence-corrected chi connectivity index (χ4v) is 3.29. The standard InChI is InChI=1S/C18H20N2O3S/c1-11(2)20-10-13-9-14(19-17(21)16-5-4-8-24-16)6-7-15(13)23-12(3)18(20)22/h4-9,11-12H,10H2,1-3H3,(H,19,21). The molecule has 2 heterocycles. The molecule has 0 saturated heterocycles. The lowest BCUT2D eigenvalue weighted by molar-refractivity contribution is -0.139. The first-order chi connectivity index (χ1) is 11.5. The highest BCUT2D eigenvalue weighted by atomic mass is 32.1. The molecule has 0 bridgehead atoms. The van der Waals surface area contributed by atoms with Gasteiger partial charge >= 0.3 is 0 Å². The van der Waals surface area contributed by atoms with Gasteiger partial charge in [-0.25, -0.2) is 0 Å². The number of nitrogens with one attached hydrogen (secondary N) is 1. The van der Waals surface area contributed by atoms with Crippen molar-refractivity contribution in [1.29, 1.82) is 0 Å². The van der Waals surface area contributed by atoms with Crippen LogP contribution >= 0.6 is 11.3 Å². The zero-order valence-corrected chi connectivity index (χ0v) is 14.7. The largest absolute Gasteiger partial charge is 0.481 e. The summed E-state index contributed by atoms with van der Waals surface area (Å²) >= 11 is 1.40. The molecule has 0 fully saturated rings. The van der Waals surface area contributed by atoms with E-state index in [0.717, 1.165) is 5.56 Å². The molecule has 0 radical (unpaired) electrons. The Morgan fingerprint density at radius 3 is 2.83 bits per heavy atom. The molecule has 24 heavy (non-hydrogen) atoms. The lowest BCUT2D eigenvalue weighted by Crippen LogP contribution is -2.41. The predicted molar refractivity (Wildman–Crippen MR) is 94.5 cm³/mol. The second kappa shape index (κ2) is 6.65. The normalized spacial score (nSPS) is 17.2. The highest BCUT2D eigenvalue weighted by Crippen LogP contribution is 2.29. The van der Waals surface area contributed by atoms with Crippen molar-refractivity contribution >= 4 is 28.8 Å². The molecule has 6 heteroatoms. The summed E-state index contributed by atoms with van der Waals surface area (Å²) in [6.07, 6.45) is -0.514. The zero-order chi connectivity index (χ0) is 17.3. The van der Waals surface area contributed by atoms with Crippen molar-refractivity contribution in [2.24, 2.45) is 0 Å². The summed E-state index contributed by atoms with van der Waals surface area (Å²) in [5, 5.41) is 4.76. The van der Waals surface area contributed by atoms with Crippen LogP contribution in [-0.2, 0) is 11.3 Å². The first kappa shape index (κ1) is 16.5. The Morgan fingerprint density at radius 1 is 1.38 bits per heavy atom. The third-order valence-electron chi connectivity index (χ3n) is 3.96. The van der Waals surface area contributed by atoms with Crippen LogP contribution in [0.25, 0.3) is 0 Å². The Hall–Kier alpha value is -2.34. The molecule has 1 N–H and O–H groups in total. The Balaban J connectivity index is 1.86. The van der Waals surface area contributed by atoms with Gasteiger partial charge in [0, 0.05) is 23.8 Å². The van der Waals surface area contributed by atoms with E-state index in [1.807, 2.05) is 37.4 Å². The summed E-state index contributed by atoms with van der Waals surface area (Å²) < 4.78 is 5.78. The van der Waals surface area contributed by atoms with Crippen LogP contribution in [0.4, 0.5) is 5.69 Å². The molecule has 1 aromatic heterocycles. The fraction of sp³-hybridized carbons (Fsp3) is 0.333. The van der Waals surface area contributed by atoms with Crippen molar-refractivity contribution < 1.29 is 14.3 Å². The van der Waals surface area contributed by atoms with E-state index in [-0.39, 0.29) is 17.9 Å². The maximum absolute atomic E-state index is 12.4. The van der Waals surface area contributed by atoms with Gasteiger partial charge in [-0.2, -0.15) is 0 Å². The lowest BCUT2D eigenvalue weighted by atomic mass is 10.1. The van der Waals surface area contributed by atoms with Gasteiger partial charge in [-0.05, 0) is 50.4 Å². The predicted octanol–water partition coefficient (Wildman–Crippen LogP) is 3.52. The third-order valence-corrected chi connectivity index (χ3v) is 4.83. The number of thiophene rings is 1. The quantitative estimate of drug-likeness (QED) is 0.927. The molecule has 2 amide bonds. The maximum Gasteiger partial charge on any atom is 0.265 e. The van der Waals surface area contributed by atoms with Gasteiger partial charge in [-0.1, -0.05) is 6.07 Å². The van der Waals surface area contributed by atoms with E-state index in [2.05, 4.69) is 5.32 Å². The van der Waals surface area contributed by atoms with Gasteiger partial charge < -0.3 is 15.0 Å². The van der Waals surface area contributed by atoms with Crippen LogP contribution in [0.3, 0.4) is 0 Å². The van der Waals surface area contributed by atoms with Crippen molar-refractivity contribution in [2.75, 3.05) is 5.32 Å². The van der Waals surface area contributed by atoms with E-state index in [1.54, 1.807) is 24.0 Å². The van der Waals surface area contributed by atoms with Crippen molar-refractivity contribution in [3.05, 3.63) is 46.2 Å². The highest BCUT2D eigenvalue weighted by molar-refractivity contribution is 7.12. The number of nitrogens with zero attached hydrogens (tertiary/aromatic N) is 1. The van der Waals surface area contributed by atoms with E-state index in [1.165, 1.54) is 11.3 Å². The van der Waals surface area contributed by atoms with Crippen molar-refractivity contribution in [1.82, 2.24) is 4.90 Å². The average Bonchev–Trinajstić information content (AvgIpc) is 3.04.